The molecular formula is C28H61N3O2. The molecule has 3 aliphatic rings. The van der Waals surface area contributed by atoms with Gasteiger partial charge >= 0.3 is 0 Å². The summed E-state index contributed by atoms with van der Waals surface area (Å²) in [5.74, 6) is 0.494. The number of rotatable bonds is 3. The van der Waals surface area contributed by atoms with Crippen molar-refractivity contribution < 1.29 is 9.59 Å². The first-order chi connectivity index (χ1) is 14.4. The molecular weight excluding hydrogens is 410 g/mol. The van der Waals surface area contributed by atoms with Gasteiger partial charge in [-0.05, 0) is 77.2 Å². The lowest BCUT2D eigenvalue weighted by Gasteiger charge is -2.34. The van der Waals surface area contributed by atoms with Crippen LogP contribution in [-0.4, -0.2) is 59.4 Å². The van der Waals surface area contributed by atoms with Gasteiger partial charge < -0.3 is 15.1 Å². The number of likely N-dealkylation sites (tertiary alicyclic amines) is 2. The van der Waals surface area contributed by atoms with E-state index in [4.69, 9.17) is 0 Å². The maximum Gasteiger partial charge on any atom is 0.219 e. The molecule has 3 rings (SSSR count). The first kappa shape index (κ1) is 36.5. The van der Waals surface area contributed by atoms with Crippen LogP contribution in [-0.2, 0) is 9.59 Å². The minimum atomic E-state index is 0. The Bertz CT molecular complexity index is 444. The molecule has 3 fully saturated rings. The molecule has 3 saturated heterocycles. The second-order valence-electron chi connectivity index (χ2n) is 9.10. The highest BCUT2D eigenvalue weighted by atomic mass is 16.2. The van der Waals surface area contributed by atoms with Gasteiger partial charge in [-0.2, -0.15) is 0 Å². The molecule has 3 aliphatic heterocycles. The van der Waals surface area contributed by atoms with Gasteiger partial charge in [0, 0.05) is 45.1 Å². The molecule has 2 amide bonds. The summed E-state index contributed by atoms with van der Waals surface area (Å²) >= 11 is 0. The molecule has 0 saturated carbocycles. The predicted molar refractivity (Wildman–Crippen MR) is 147 cm³/mol. The first-order valence-electron chi connectivity index (χ1n) is 12.7. The van der Waals surface area contributed by atoms with Crippen molar-refractivity contribution in [2.75, 3.05) is 19.6 Å². The number of nitrogens with one attached hydrogen (secondary N) is 1. The fourth-order valence-electron chi connectivity index (χ4n) is 4.95. The Kier molecular flexibility index (Phi) is 23.7. The largest absolute Gasteiger partial charge is 0.340 e. The van der Waals surface area contributed by atoms with Crippen LogP contribution in [0, 0.1) is 0 Å². The van der Waals surface area contributed by atoms with Gasteiger partial charge in [-0.25, -0.2) is 0 Å². The number of piperidine rings is 3. The summed E-state index contributed by atoms with van der Waals surface area (Å²) in [6, 6.07) is 1.89. The van der Waals surface area contributed by atoms with Crippen molar-refractivity contribution in [2.24, 2.45) is 0 Å². The SMILES string of the molecule is C.C.C.CCC1CCCCN1.CCC1CCCCN1C(C)=O.CCC1CCCCN1C(C)=O. The molecule has 0 aliphatic carbocycles. The third-order valence-electron chi connectivity index (χ3n) is 6.91. The van der Waals surface area contributed by atoms with Gasteiger partial charge in [0.2, 0.25) is 11.8 Å². The molecule has 200 valence electrons. The molecule has 0 bridgehead atoms. The van der Waals surface area contributed by atoms with Crippen molar-refractivity contribution in [3.8, 4) is 0 Å². The van der Waals surface area contributed by atoms with Gasteiger partial charge in [0.15, 0.2) is 0 Å². The maximum atomic E-state index is 11.1. The summed E-state index contributed by atoms with van der Waals surface area (Å²) in [6.45, 7) is 13.1. The van der Waals surface area contributed by atoms with Crippen LogP contribution in [0.25, 0.3) is 0 Å². The molecule has 5 nitrogen and oxygen atoms in total. The van der Waals surface area contributed by atoms with Crippen LogP contribution in [0.1, 0.15) is 134 Å². The fraction of sp³-hybridized carbons (Fsp3) is 0.929. The Hall–Kier alpha value is -1.10. The lowest BCUT2D eigenvalue weighted by molar-refractivity contribution is -0.133. The van der Waals surface area contributed by atoms with E-state index in [2.05, 4.69) is 26.1 Å². The number of hydrogen-bond donors (Lipinski definition) is 1. The highest BCUT2D eigenvalue weighted by molar-refractivity contribution is 5.74. The maximum absolute atomic E-state index is 11.1. The Morgan fingerprint density at radius 1 is 0.667 bits per heavy atom. The lowest BCUT2D eigenvalue weighted by atomic mass is 10.0. The zero-order valence-electron chi connectivity index (χ0n) is 20.5. The van der Waals surface area contributed by atoms with Crippen molar-refractivity contribution in [1.82, 2.24) is 15.1 Å². The van der Waals surface area contributed by atoms with E-state index in [1.54, 1.807) is 13.8 Å². The predicted octanol–water partition coefficient (Wildman–Crippen LogP) is 7.04. The topological polar surface area (TPSA) is 52.7 Å². The average molecular weight is 472 g/mol. The van der Waals surface area contributed by atoms with Crippen LogP contribution in [0.3, 0.4) is 0 Å². The van der Waals surface area contributed by atoms with Gasteiger partial charge in [0.1, 0.15) is 0 Å². The Morgan fingerprint density at radius 3 is 1.33 bits per heavy atom. The zero-order chi connectivity index (χ0) is 22.4. The highest BCUT2D eigenvalue weighted by Gasteiger charge is 2.22. The summed E-state index contributed by atoms with van der Waals surface area (Å²) in [6.07, 6.45) is 15.1. The summed E-state index contributed by atoms with van der Waals surface area (Å²) in [5, 5.41) is 3.47. The van der Waals surface area contributed by atoms with E-state index in [0.717, 1.165) is 32.0 Å². The van der Waals surface area contributed by atoms with Crippen molar-refractivity contribution in [3.05, 3.63) is 0 Å². The van der Waals surface area contributed by atoms with E-state index in [1.807, 2.05) is 9.80 Å². The molecule has 0 spiro atoms. The molecule has 33 heavy (non-hydrogen) atoms. The van der Waals surface area contributed by atoms with Gasteiger partial charge in [0.05, 0.1) is 0 Å². The smallest absolute Gasteiger partial charge is 0.219 e. The molecule has 0 aromatic carbocycles. The number of carbonyl (C=O) groups is 2. The fourth-order valence-corrected chi connectivity index (χ4v) is 4.95. The van der Waals surface area contributed by atoms with Crippen LogP contribution < -0.4 is 5.32 Å². The minimum Gasteiger partial charge on any atom is -0.340 e. The van der Waals surface area contributed by atoms with Crippen molar-refractivity contribution in [3.63, 3.8) is 0 Å². The Labute approximate surface area is 208 Å². The molecule has 3 unspecified atom stereocenters. The van der Waals surface area contributed by atoms with E-state index in [0.29, 0.717) is 12.1 Å². The van der Waals surface area contributed by atoms with Crippen LogP contribution in [0.2, 0.25) is 0 Å². The summed E-state index contributed by atoms with van der Waals surface area (Å²) in [5.41, 5.74) is 0. The monoisotopic (exact) mass is 471 g/mol. The highest BCUT2D eigenvalue weighted by Crippen LogP contribution is 2.19. The van der Waals surface area contributed by atoms with Gasteiger partial charge in [-0.3, -0.25) is 9.59 Å². The van der Waals surface area contributed by atoms with E-state index in [1.165, 1.54) is 70.8 Å². The summed E-state index contributed by atoms with van der Waals surface area (Å²) < 4.78 is 0. The number of nitrogens with zero attached hydrogens (tertiary/aromatic N) is 2. The van der Waals surface area contributed by atoms with Crippen molar-refractivity contribution >= 4 is 11.8 Å². The van der Waals surface area contributed by atoms with Gasteiger partial charge in [-0.1, -0.05) is 49.5 Å². The van der Waals surface area contributed by atoms with Gasteiger partial charge in [0.25, 0.3) is 0 Å². The second-order valence-corrected chi connectivity index (χ2v) is 9.10. The van der Waals surface area contributed by atoms with Gasteiger partial charge in [-0.15, -0.1) is 0 Å². The summed E-state index contributed by atoms with van der Waals surface area (Å²) in [7, 11) is 0. The molecule has 5 heteroatoms. The standard InChI is InChI=1S/2C9H17NO.C7H15N.3CH4/c2*1-3-9-6-4-5-7-10(9)8(2)11;1-2-7-5-3-4-6-8-7;;;/h2*9H,3-7H2,1-2H3;7-8H,2-6H2,1H3;3*1H4. The number of carbonyl (C=O) groups excluding carboxylic acids is 2. The van der Waals surface area contributed by atoms with E-state index in [-0.39, 0.29) is 34.1 Å². The minimum absolute atomic E-state index is 0. The van der Waals surface area contributed by atoms with Crippen LogP contribution >= 0.6 is 0 Å². The molecule has 0 aromatic heterocycles. The number of hydrogen-bond acceptors (Lipinski definition) is 3. The lowest BCUT2D eigenvalue weighted by Crippen LogP contribution is -2.42. The first-order valence-corrected chi connectivity index (χ1v) is 12.7. The van der Waals surface area contributed by atoms with E-state index >= 15 is 0 Å². The Morgan fingerprint density at radius 2 is 1.09 bits per heavy atom. The quantitative estimate of drug-likeness (QED) is 0.480. The Balaban J connectivity index is -0.000000396. The molecule has 1 N–H and O–H groups in total. The second kappa shape index (κ2) is 21.4. The van der Waals surface area contributed by atoms with E-state index < -0.39 is 0 Å². The van der Waals surface area contributed by atoms with Crippen molar-refractivity contribution in [2.45, 2.75) is 152 Å². The normalized spacial score (nSPS) is 24.2. The number of amides is 2. The molecule has 3 heterocycles. The molecule has 0 aromatic rings. The zero-order valence-corrected chi connectivity index (χ0v) is 20.5. The van der Waals surface area contributed by atoms with Crippen LogP contribution in [0.5, 0.6) is 0 Å². The van der Waals surface area contributed by atoms with Crippen LogP contribution in [0.4, 0.5) is 0 Å². The summed E-state index contributed by atoms with van der Waals surface area (Å²) in [4.78, 5) is 26.2. The molecule has 3 atom stereocenters. The average Bonchev–Trinajstić information content (AvgIpc) is 2.80. The third-order valence-corrected chi connectivity index (χ3v) is 6.91. The van der Waals surface area contributed by atoms with Crippen LogP contribution in [0.15, 0.2) is 0 Å². The van der Waals surface area contributed by atoms with Crippen molar-refractivity contribution in [1.29, 1.82) is 0 Å². The van der Waals surface area contributed by atoms with E-state index in [9.17, 15) is 9.59 Å². The molecule has 0 radical (unpaired) electrons. The third kappa shape index (κ3) is 14.0.